The van der Waals surface area contributed by atoms with Crippen molar-refractivity contribution in [3.63, 3.8) is 0 Å². The quantitative estimate of drug-likeness (QED) is 0.881. The van der Waals surface area contributed by atoms with Gasteiger partial charge in [-0.15, -0.1) is 0 Å². The van der Waals surface area contributed by atoms with Gasteiger partial charge < -0.3 is 5.32 Å². The van der Waals surface area contributed by atoms with Crippen LogP contribution >= 0.6 is 0 Å². The molecule has 0 aromatic heterocycles. The van der Waals surface area contributed by atoms with Crippen LogP contribution in [0, 0.1) is 11.6 Å². The predicted molar refractivity (Wildman–Crippen MR) is 67.3 cm³/mol. The van der Waals surface area contributed by atoms with Gasteiger partial charge in [0, 0.05) is 13.1 Å². The number of nitrogens with zero attached hydrogens (tertiary/aromatic N) is 1. The highest BCUT2D eigenvalue weighted by molar-refractivity contribution is 7.89. The molecule has 1 aromatic rings. The first kappa shape index (κ1) is 14.9. The van der Waals surface area contributed by atoms with Crippen molar-refractivity contribution in [2.45, 2.75) is 24.3 Å². The summed E-state index contributed by atoms with van der Waals surface area (Å²) in [6, 6.07) is 2.20. The molecule has 1 saturated heterocycles. The van der Waals surface area contributed by atoms with Crippen LogP contribution in [-0.2, 0) is 14.8 Å². The maximum Gasteiger partial charge on any atom is 0.247 e. The van der Waals surface area contributed by atoms with Gasteiger partial charge in [-0.05, 0) is 32.0 Å². The highest BCUT2D eigenvalue weighted by atomic mass is 32.2. The Bertz CT molecular complexity index is 659. The molecule has 1 aliphatic heterocycles. The van der Waals surface area contributed by atoms with Crippen molar-refractivity contribution in [2.24, 2.45) is 0 Å². The van der Waals surface area contributed by atoms with Crippen LogP contribution in [0.4, 0.5) is 8.78 Å². The SMILES string of the molecule is CC1(C)C(=O)NCCN1S(=O)(=O)c1cc(F)ccc1F. The number of sulfonamides is 1. The second kappa shape index (κ2) is 4.78. The molecule has 0 bridgehead atoms. The molecule has 0 spiro atoms. The Morgan fingerprint density at radius 1 is 1.30 bits per heavy atom. The van der Waals surface area contributed by atoms with Crippen LogP contribution < -0.4 is 5.32 Å². The minimum atomic E-state index is -4.30. The van der Waals surface area contributed by atoms with E-state index in [9.17, 15) is 22.0 Å². The van der Waals surface area contributed by atoms with Crippen LogP contribution in [0.25, 0.3) is 0 Å². The fourth-order valence-electron chi connectivity index (χ4n) is 2.09. The van der Waals surface area contributed by atoms with Gasteiger partial charge in [0.15, 0.2) is 0 Å². The predicted octanol–water partition coefficient (Wildman–Crippen LogP) is 0.864. The minimum absolute atomic E-state index is 0.00295. The summed E-state index contributed by atoms with van der Waals surface area (Å²) in [6.45, 7) is 2.95. The monoisotopic (exact) mass is 304 g/mol. The summed E-state index contributed by atoms with van der Waals surface area (Å²) in [7, 11) is -4.30. The molecule has 2 rings (SSSR count). The number of carbonyl (C=O) groups is 1. The summed E-state index contributed by atoms with van der Waals surface area (Å²) in [4.78, 5) is 11.0. The Morgan fingerprint density at radius 3 is 2.60 bits per heavy atom. The van der Waals surface area contributed by atoms with Gasteiger partial charge in [0.2, 0.25) is 15.9 Å². The van der Waals surface area contributed by atoms with Gasteiger partial charge in [0.1, 0.15) is 22.1 Å². The zero-order valence-electron chi connectivity index (χ0n) is 11.0. The first-order valence-corrected chi connectivity index (χ1v) is 7.37. The molecule has 1 aliphatic rings. The van der Waals surface area contributed by atoms with E-state index in [0.717, 1.165) is 16.4 Å². The molecule has 1 heterocycles. The highest BCUT2D eigenvalue weighted by Crippen LogP contribution is 2.28. The van der Waals surface area contributed by atoms with Gasteiger partial charge in [-0.25, -0.2) is 17.2 Å². The van der Waals surface area contributed by atoms with Crippen molar-refractivity contribution >= 4 is 15.9 Å². The molecule has 0 saturated carbocycles. The number of piperazine rings is 1. The molecule has 1 amide bonds. The second-order valence-electron chi connectivity index (χ2n) is 4.97. The number of benzene rings is 1. The molecule has 0 aliphatic carbocycles. The molecule has 5 nitrogen and oxygen atoms in total. The molecule has 20 heavy (non-hydrogen) atoms. The summed E-state index contributed by atoms with van der Waals surface area (Å²) in [5.41, 5.74) is -1.37. The van der Waals surface area contributed by atoms with Gasteiger partial charge >= 0.3 is 0 Å². The second-order valence-corrected chi connectivity index (χ2v) is 6.80. The molecular formula is C12H14F2N2O3S. The Balaban J connectivity index is 2.55. The Labute approximate surface area is 115 Å². The third kappa shape index (κ3) is 2.29. The number of carbonyl (C=O) groups excluding carboxylic acids is 1. The molecule has 8 heteroatoms. The van der Waals surface area contributed by atoms with E-state index >= 15 is 0 Å². The van der Waals surface area contributed by atoms with E-state index in [0.29, 0.717) is 6.07 Å². The Hall–Kier alpha value is -1.54. The Morgan fingerprint density at radius 2 is 1.95 bits per heavy atom. The Kier molecular flexibility index (Phi) is 3.55. The lowest BCUT2D eigenvalue weighted by molar-refractivity contribution is -0.131. The zero-order valence-corrected chi connectivity index (χ0v) is 11.8. The maximum atomic E-state index is 13.7. The van der Waals surface area contributed by atoms with Crippen LogP contribution in [0.15, 0.2) is 23.1 Å². The largest absolute Gasteiger partial charge is 0.353 e. The van der Waals surface area contributed by atoms with E-state index in [1.807, 2.05) is 0 Å². The first-order chi connectivity index (χ1) is 9.17. The van der Waals surface area contributed by atoms with Crippen molar-refractivity contribution < 1.29 is 22.0 Å². The lowest BCUT2D eigenvalue weighted by atomic mass is 10.0. The number of rotatable bonds is 2. The van der Waals surface area contributed by atoms with Crippen molar-refractivity contribution in [2.75, 3.05) is 13.1 Å². The molecule has 1 aromatic carbocycles. The number of nitrogens with one attached hydrogen (secondary N) is 1. The van der Waals surface area contributed by atoms with Crippen molar-refractivity contribution in [3.8, 4) is 0 Å². The minimum Gasteiger partial charge on any atom is -0.353 e. The smallest absolute Gasteiger partial charge is 0.247 e. The zero-order chi connectivity index (χ0) is 15.1. The van der Waals surface area contributed by atoms with Gasteiger partial charge in [0.25, 0.3) is 0 Å². The van der Waals surface area contributed by atoms with E-state index < -0.39 is 38.0 Å². The van der Waals surface area contributed by atoms with E-state index in [1.165, 1.54) is 13.8 Å². The lowest BCUT2D eigenvalue weighted by Crippen LogP contribution is -2.63. The topological polar surface area (TPSA) is 66.5 Å². The third-order valence-corrected chi connectivity index (χ3v) is 5.33. The number of hydrogen-bond acceptors (Lipinski definition) is 3. The highest BCUT2D eigenvalue weighted by Gasteiger charge is 2.45. The average molecular weight is 304 g/mol. The third-order valence-electron chi connectivity index (χ3n) is 3.24. The summed E-state index contributed by atoms with van der Waals surface area (Å²) in [6.07, 6.45) is 0. The summed E-state index contributed by atoms with van der Waals surface area (Å²) in [5, 5.41) is 2.54. The molecule has 1 fully saturated rings. The molecule has 110 valence electrons. The van der Waals surface area contributed by atoms with Crippen molar-refractivity contribution in [3.05, 3.63) is 29.8 Å². The van der Waals surface area contributed by atoms with Crippen LogP contribution in [0.3, 0.4) is 0 Å². The number of amides is 1. The van der Waals surface area contributed by atoms with Gasteiger partial charge in [-0.1, -0.05) is 0 Å². The van der Waals surface area contributed by atoms with E-state index in [2.05, 4.69) is 5.32 Å². The van der Waals surface area contributed by atoms with Crippen LogP contribution in [0.5, 0.6) is 0 Å². The van der Waals surface area contributed by atoms with Crippen LogP contribution in [0.2, 0.25) is 0 Å². The molecule has 0 unspecified atom stereocenters. The fourth-order valence-corrected chi connectivity index (χ4v) is 3.92. The maximum absolute atomic E-state index is 13.7. The molecular weight excluding hydrogens is 290 g/mol. The lowest BCUT2D eigenvalue weighted by Gasteiger charge is -2.39. The van der Waals surface area contributed by atoms with Gasteiger partial charge in [-0.3, -0.25) is 4.79 Å². The summed E-state index contributed by atoms with van der Waals surface area (Å²) < 4.78 is 52.7. The van der Waals surface area contributed by atoms with Crippen LogP contribution in [-0.4, -0.2) is 37.3 Å². The van der Waals surface area contributed by atoms with Crippen molar-refractivity contribution in [1.29, 1.82) is 0 Å². The fraction of sp³-hybridized carbons (Fsp3) is 0.417. The summed E-state index contributed by atoms with van der Waals surface area (Å²) in [5.74, 6) is -2.39. The molecule has 1 N–H and O–H groups in total. The average Bonchev–Trinajstić information content (AvgIpc) is 2.35. The first-order valence-electron chi connectivity index (χ1n) is 5.93. The summed E-state index contributed by atoms with van der Waals surface area (Å²) >= 11 is 0. The van der Waals surface area contributed by atoms with E-state index in [4.69, 9.17) is 0 Å². The van der Waals surface area contributed by atoms with Crippen LogP contribution in [0.1, 0.15) is 13.8 Å². The number of halogens is 2. The van der Waals surface area contributed by atoms with Gasteiger partial charge in [0.05, 0.1) is 0 Å². The molecule has 0 atom stereocenters. The molecule has 0 radical (unpaired) electrons. The van der Waals surface area contributed by atoms with E-state index in [-0.39, 0.29) is 13.1 Å². The number of hydrogen-bond donors (Lipinski definition) is 1. The van der Waals surface area contributed by atoms with E-state index in [1.54, 1.807) is 0 Å². The normalized spacial score (nSPS) is 19.7. The van der Waals surface area contributed by atoms with Gasteiger partial charge in [-0.2, -0.15) is 4.31 Å². The van der Waals surface area contributed by atoms with Crippen molar-refractivity contribution in [1.82, 2.24) is 9.62 Å². The standard InChI is InChI=1S/C12H14F2N2O3S/c1-12(2)11(17)15-5-6-16(12)20(18,19)10-7-8(13)3-4-9(10)14/h3-4,7H,5-6H2,1-2H3,(H,15,17).